The highest BCUT2D eigenvalue weighted by Crippen LogP contribution is 2.09. The van der Waals surface area contributed by atoms with Crippen LogP contribution in [0.2, 0.25) is 0 Å². The minimum absolute atomic E-state index is 0.318. The van der Waals surface area contributed by atoms with Crippen molar-refractivity contribution in [1.82, 2.24) is 9.97 Å². The van der Waals surface area contributed by atoms with Gasteiger partial charge in [0.05, 0.1) is 12.3 Å². The van der Waals surface area contributed by atoms with E-state index in [2.05, 4.69) is 16.5 Å². The summed E-state index contributed by atoms with van der Waals surface area (Å²) in [7, 11) is 0. The van der Waals surface area contributed by atoms with Gasteiger partial charge < -0.3 is 15.2 Å². The topological polar surface area (TPSA) is 69.1 Å². The summed E-state index contributed by atoms with van der Waals surface area (Å²) >= 11 is 0. The molecule has 0 saturated heterocycles. The summed E-state index contributed by atoms with van der Waals surface area (Å²) in [6, 6.07) is 0. The molecule has 0 aromatic carbocycles. The molecule has 4 nitrogen and oxygen atoms in total. The lowest BCUT2D eigenvalue weighted by atomic mass is 10.1. The zero-order valence-electron chi connectivity index (χ0n) is 8.99. The number of aliphatic hydroxyl groups is 2. The van der Waals surface area contributed by atoms with Crippen LogP contribution in [0.15, 0.2) is 18.2 Å². The van der Waals surface area contributed by atoms with Gasteiger partial charge >= 0.3 is 0 Å². The van der Waals surface area contributed by atoms with Crippen LogP contribution in [0.5, 0.6) is 0 Å². The molecule has 0 amide bonds. The summed E-state index contributed by atoms with van der Waals surface area (Å²) in [5.41, 5.74) is 2.26. The quantitative estimate of drug-likeness (QED) is 0.645. The van der Waals surface area contributed by atoms with Crippen molar-refractivity contribution < 1.29 is 10.2 Å². The highest BCUT2D eigenvalue weighted by atomic mass is 16.3. The summed E-state index contributed by atoms with van der Waals surface area (Å²) in [6.07, 6.45) is 2.52. The van der Waals surface area contributed by atoms with Gasteiger partial charge in [-0.3, -0.25) is 0 Å². The number of H-pyrrole nitrogens is 1. The number of aromatic amines is 1. The van der Waals surface area contributed by atoms with Crippen molar-refractivity contribution in [2.24, 2.45) is 0 Å². The maximum atomic E-state index is 9.25. The fourth-order valence-corrected chi connectivity index (χ4v) is 1.20. The average molecular weight is 208 g/mol. The van der Waals surface area contributed by atoms with Crippen molar-refractivity contribution >= 4 is 6.08 Å². The molecular formula is C11H16N2O2. The van der Waals surface area contributed by atoms with E-state index < -0.39 is 6.10 Å². The minimum Gasteiger partial charge on any atom is -0.393 e. The Kier molecular flexibility index (Phi) is 3.82. The van der Waals surface area contributed by atoms with E-state index in [1.807, 2.05) is 13.8 Å². The number of aliphatic hydroxyl groups excluding tert-OH is 2. The molecule has 1 atom stereocenters. The van der Waals surface area contributed by atoms with Crippen molar-refractivity contribution in [3.63, 3.8) is 0 Å². The molecule has 1 rings (SSSR count). The van der Waals surface area contributed by atoms with E-state index in [0.717, 1.165) is 17.2 Å². The van der Waals surface area contributed by atoms with Gasteiger partial charge in [0.2, 0.25) is 0 Å². The molecule has 0 saturated carbocycles. The van der Waals surface area contributed by atoms with Gasteiger partial charge in [0.1, 0.15) is 11.9 Å². The van der Waals surface area contributed by atoms with Gasteiger partial charge in [-0.2, -0.15) is 0 Å². The van der Waals surface area contributed by atoms with Crippen LogP contribution in [0, 0.1) is 13.8 Å². The maximum Gasteiger partial charge on any atom is 0.103 e. The number of aromatic nitrogens is 2. The Labute approximate surface area is 89.0 Å². The predicted octanol–water partition coefficient (Wildman–Crippen LogP) is 0.949. The summed E-state index contributed by atoms with van der Waals surface area (Å²) < 4.78 is 0. The lowest BCUT2D eigenvalue weighted by Gasteiger charge is -2.05. The van der Waals surface area contributed by atoms with Crippen LogP contribution in [-0.2, 0) is 0 Å². The monoisotopic (exact) mass is 208 g/mol. The molecule has 0 fully saturated rings. The summed E-state index contributed by atoms with van der Waals surface area (Å²) in [5, 5.41) is 17.9. The Morgan fingerprint density at radius 3 is 2.73 bits per heavy atom. The molecule has 82 valence electrons. The molecule has 0 spiro atoms. The zero-order chi connectivity index (χ0) is 11.4. The fraction of sp³-hybridized carbons (Fsp3) is 0.364. The molecule has 15 heavy (non-hydrogen) atoms. The van der Waals surface area contributed by atoms with Crippen LogP contribution in [0.4, 0.5) is 0 Å². The summed E-state index contributed by atoms with van der Waals surface area (Å²) in [5.74, 6) is 0.848. The molecule has 0 bridgehead atoms. The Morgan fingerprint density at radius 2 is 2.27 bits per heavy atom. The van der Waals surface area contributed by atoms with Gasteiger partial charge in [-0.15, -0.1) is 0 Å². The second-order valence-electron chi connectivity index (χ2n) is 3.44. The Balaban J connectivity index is 2.73. The lowest BCUT2D eigenvalue weighted by molar-refractivity contribution is 0.125. The highest BCUT2D eigenvalue weighted by Gasteiger charge is 2.04. The molecule has 1 aromatic rings. The maximum absolute atomic E-state index is 9.25. The van der Waals surface area contributed by atoms with E-state index >= 15 is 0 Å². The van der Waals surface area contributed by atoms with Crippen LogP contribution < -0.4 is 0 Å². The minimum atomic E-state index is -0.901. The third-order valence-corrected chi connectivity index (χ3v) is 2.10. The number of nitrogens with one attached hydrogen (secondary N) is 1. The Bertz CT molecular complexity index is 380. The van der Waals surface area contributed by atoms with Crippen LogP contribution >= 0.6 is 0 Å². The van der Waals surface area contributed by atoms with Gasteiger partial charge in [-0.1, -0.05) is 12.7 Å². The first-order chi connectivity index (χ1) is 7.04. The van der Waals surface area contributed by atoms with Crippen molar-refractivity contribution in [2.75, 3.05) is 6.61 Å². The first kappa shape index (κ1) is 11.7. The molecule has 0 aliphatic heterocycles. The predicted molar refractivity (Wildman–Crippen MR) is 59.3 cm³/mol. The van der Waals surface area contributed by atoms with E-state index in [9.17, 15) is 5.11 Å². The van der Waals surface area contributed by atoms with E-state index in [4.69, 9.17) is 5.11 Å². The van der Waals surface area contributed by atoms with E-state index in [1.54, 1.807) is 12.2 Å². The van der Waals surface area contributed by atoms with Gasteiger partial charge in [-0.05, 0) is 25.5 Å². The first-order valence-electron chi connectivity index (χ1n) is 4.73. The van der Waals surface area contributed by atoms with Crippen molar-refractivity contribution in [3.8, 4) is 0 Å². The molecule has 0 radical (unpaired) electrons. The van der Waals surface area contributed by atoms with Gasteiger partial charge in [-0.25, -0.2) is 4.98 Å². The summed E-state index contributed by atoms with van der Waals surface area (Å²) in [6.45, 7) is 7.12. The zero-order valence-corrected chi connectivity index (χ0v) is 8.99. The molecule has 1 aromatic heterocycles. The van der Waals surface area contributed by atoms with Gasteiger partial charge in [0.15, 0.2) is 0 Å². The molecule has 0 aliphatic carbocycles. The number of nitrogens with zero attached hydrogens (tertiary/aromatic N) is 1. The van der Waals surface area contributed by atoms with Crippen molar-refractivity contribution in [1.29, 1.82) is 0 Å². The van der Waals surface area contributed by atoms with Crippen LogP contribution in [0.1, 0.15) is 17.2 Å². The number of imidazole rings is 1. The molecule has 1 heterocycles. The second kappa shape index (κ2) is 4.91. The van der Waals surface area contributed by atoms with E-state index in [0.29, 0.717) is 5.57 Å². The SMILES string of the molecule is C=C(/C=C\c1nc(C)[nH]c1C)C(O)CO. The van der Waals surface area contributed by atoms with Crippen molar-refractivity contribution in [2.45, 2.75) is 20.0 Å². The van der Waals surface area contributed by atoms with E-state index in [1.165, 1.54) is 0 Å². The van der Waals surface area contributed by atoms with Crippen molar-refractivity contribution in [3.05, 3.63) is 35.4 Å². The fourth-order valence-electron chi connectivity index (χ4n) is 1.20. The largest absolute Gasteiger partial charge is 0.393 e. The standard InChI is InChI=1S/C11H16N2O2/c1-7(11(15)6-14)4-5-10-8(2)12-9(3)13-10/h4-5,11,14-15H,1,6H2,2-3H3,(H,12,13)/b5-4-. The summed E-state index contributed by atoms with van der Waals surface area (Å²) in [4.78, 5) is 7.31. The van der Waals surface area contributed by atoms with Crippen LogP contribution in [-0.4, -0.2) is 32.9 Å². The third-order valence-electron chi connectivity index (χ3n) is 2.10. The lowest BCUT2D eigenvalue weighted by Crippen LogP contribution is -2.12. The number of aryl methyl sites for hydroxylation is 2. The molecule has 3 N–H and O–H groups in total. The van der Waals surface area contributed by atoms with Gasteiger partial charge in [0.25, 0.3) is 0 Å². The normalized spacial score (nSPS) is 13.3. The van der Waals surface area contributed by atoms with Crippen LogP contribution in [0.25, 0.3) is 6.08 Å². The first-order valence-corrected chi connectivity index (χ1v) is 4.73. The Hall–Kier alpha value is -1.39. The van der Waals surface area contributed by atoms with Crippen LogP contribution in [0.3, 0.4) is 0 Å². The van der Waals surface area contributed by atoms with E-state index in [-0.39, 0.29) is 6.61 Å². The molecular weight excluding hydrogens is 192 g/mol. The molecule has 0 aliphatic rings. The Morgan fingerprint density at radius 1 is 1.60 bits per heavy atom. The number of hydrogen-bond acceptors (Lipinski definition) is 3. The number of rotatable bonds is 4. The highest BCUT2D eigenvalue weighted by molar-refractivity contribution is 5.51. The third kappa shape index (κ3) is 3.04. The molecule has 4 heteroatoms. The average Bonchev–Trinajstić information content (AvgIpc) is 2.52. The smallest absolute Gasteiger partial charge is 0.103 e. The number of hydrogen-bond donors (Lipinski definition) is 3. The van der Waals surface area contributed by atoms with Gasteiger partial charge in [0, 0.05) is 5.69 Å². The second-order valence-corrected chi connectivity index (χ2v) is 3.44. The molecule has 1 unspecified atom stereocenters.